The molecule has 0 saturated carbocycles. The van der Waals surface area contributed by atoms with E-state index in [0.29, 0.717) is 17.5 Å². The number of hydrogen-bond donors (Lipinski definition) is 0. The van der Waals surface area contributed by atoms with Crippen LogP contribution in [0.1, 0.15) is 211 Å². The fourth-order valence-corrected chi connectivity index (χ4v) is 13.5. The second-order valence-electron chi connectivity index (χ2n) is 35.8. The molecule has 486 valence electrons. The van der Waals surface area contributed by atoms with E-state index in [1.807, 2.05) is 0 Å². The highest BCUT2D eigenvalue weighted by atomic mass is 15.2. The number of nitrogens with zero attached hydrogens (tertiary/aromatic N) is 5. The molecule has 1 aromatic heterocycles. The Morgan fingerprint density at radius 1 is 0.232 bits per heavy atom. The largest absolute Gasteiger partial charge is 0.311 e. The van der Waals surface area contributed by atoms with Crippen molar-refractivity contribution >= 4 is 57.2 Å². The van der Waals surface area contributed by atoms with Crippen LogP contribution in [0.4, 0.5) is 34.1 Å². The van der Waals surface area contributed by atoms with Gasteiger partial charge in [-0.25, -0.2) is 15.0 Å². The minimum atomic E-state index is -0.168. The number of rotatable bonds is 7. The number of aromatic nitrogens is 3. The van der Waals surface area contributed by atoms with Crippen LogP contribution in [0.25, 0.3) is 56.4 Å². The van der Waals surface area contributed by atoms with Crippen molar-refractivity contribution in [3.63, 3.8) is 0 Å². The monoisotopic (exact) mass is 1250 g/mol. The lowest BCUT2D eigenvalue weighted by Gasteiger charge is -2.45. The molecule has 9 aromatic carbocycles. The Morgan fingerprint density at radius 2 is 0.474 bits per heavy atom. The van der Waals surface area contributed by atoms with Crippen LogP contribution >= 0.6 is 0 Å². The molecule has 5 nitrogen and oxygen atoms in total. The molecule has 0 amide bonds. The Balaban J connectivity index is 1.29. The summed E-state index contributed by atoms with van der Waals surface area (Å²) in [6, 6.07) is 70.2. The van der Waals surface area contributed by atoms with Gasteiger partial charge in [0.05, 0.1) is 0 Å². The molecular formula is C89H102BN5. The van der Waals surface area contributed by atoms with Crippen LogP contribution in [0, 0.1) is 0 Å². The minimum absolute atomic E-state index is 0.149. The topological polar surface area (TPSA) is 45.2 Å². The lowest BCUT2D eigenvalue weighted by molar-refractivity contribution is 0.568. The van der Waals surface area contributed by atoms with Crippen molar-refractivity contribution in [2.24, 2.45) is 0 Å². The molecule has 2 aliphatic heterocycles. The van der Waals surface area contributed by atoms with E-state index in [2.05, 4.69) is 358 Å². The summed E-state index contributed by atoms with van der Waals surface area (Å²) >= 11 is 0. The first-order chi connectivity index (χ1) is 44.1. The standard InChI is InChI=1S/C89H102BN5/c1-82(2,3)62-39-59(40-63(47-62)83(4,5)6)79-91-80(60-41-64(84(7,8)9)48-65(42-60)85(10,11)12)93-81(92-79)61-45-76-78-77(46-61)95(71-53-68(88(19,20)21)50-69(54-71)89(22,23)24)75-44-58(56-33-29-26-30-34-56)36-38-73(75)90(78)72-37-35-57(55-31-27-25-28-32-55)43-74(72)94(76)70-51-66(86(13,14)15)49-67(52-70)87(16,17)18/h25-54H,1-24H3. The Kier molecular flexibility index (Phi) is 16.3. The molecule has 0 aliphatic carbocycles. The molecule has 10 aromatic rings. The van der Waals surface area contributed by atoms with Crippen molar-refractivity contribution in [2.45, 2.75) is 209 Å². The first-order valence-corrected chi connectivity index (χ1v) is 34.7. The molecule has 0 unspecified atom stereocenters. The maximum absolute atomic E-state index is 5.87. The maximum atomic E-state index is 5.87. The predicted molar refractivity (Wildman–Crippen MR) is 411 cm³/mol. The van der Waals surface area contributed by atoms with Crippen LogP contribution in [-0.4, -0.2) is 21.7 Å². The third-order valence-electron chi connectivity index (χ3n) is 19.8. The van der Waals surface area contributed by atoms with Crippen LogP contribution in [0.2, 0.25) is 0 Å². The van der Waals surface area contributed by atoms with Crippen LogP contribution < -0.4 is 26.2 Å². The first-order valence-electron chi connectivity index (χ1n) is 34.7. The summed E-state index contributed by atoms with van der Waals surface area (Å²) in [4.78, 5) is 22.7. The average Bonchev–Trinajstić information content (AvgIpc) is 0.696. The van der Waals surface area contributed by atoms with E-state index in [1.165, 1.54) is 72.0 Å². The molecule has 12 rings (SSSR count). The molecule has 0 bridgehead atoms. The summed E-state index contributed by atoms with van der Waals surface area (Å²) in [6.07, 6.45) is 0. The van der Waals surface area contributed by atoms with Gasteiger partial charge in [0.2, 0.25) is 0 Å². The summed E-state index contributed by atoms with van der Waals surface area (Å²) in [5.74, 6) is 1.91. The van der Waals surface area contributed by atoms with Crippen LogP contribution in [0.15, 0.2) is 182 Å². The number of anilines is 6. The van der Waals surface area contributed by atoms with E-state index in [9.17, 15) is 0 Å². The second-order valence-corrected chi connectivity index (χ2v) is 35.8. The quantitative estimate of drug-likeness (QED) is 0.149. The van der Waals surface area contributed by atoms with Crippen molar-refractivity contribution in [1.82, 2.24) is 15.0 Å². The molecule has 6 heteroatoms. The van der Waals surface area contributed by atoms with Gasteiger partial charge in [-0.2, -0.15) is 0 Å². The molecule has 0 atom stereocenters. The van der Waals surface area contributed by atoms with E-state index < -0.39 is 0 Å². The van der Waals surface area contributed by atoms with E-state index in [4.69, 9.17) is 15.0 Å². The molecule has 0 radical (unpaired) electrons. The van der Waals surface area contributed by atoms with Gasteiger partial charge in [0.1, 0.15) is 0 Å². The molecular weight excluding hydrogens is 1150 g/mol. The Hall–Kier alpha value is -8.35. The fourth-order valence-electron chi connectivity index (χ4n) is 13.5. The molecule has 0 N–H and O–H groups in total. The van der Waals surface area contributed by atoms with Gasteiger partial charge in [-0.3, -0.25) is 0 Å². The van der Waals surface area contributed by atoms with Crippen LogP contribution in [-0.2, 0) is 43.3 Å². The van der Waals surface area contributed by atoms with Gasteiger partial charge in [-0.05, 0) is 199 Å². The number of benzene rings is 9. The zero-order chi connectivity index (χ0) is 68.7. The van der Waals surface area contributed by atoms with Crippen LogP contribution in [0.3, 0.4) is 0 Å². The SMILES string of the molecule is CC(C)(C)c1cc(-c2nc(-c3cc(C(C)(C)C)cc(C(C)(C)C)c3)nc(-c3cc4c5c(c3)N(c3cc(C(C)(C)C)cc(C(C)(C)C)c3)c3cc(-c6ccccc6)ccc3B5c3ccc(-c5ccccc5)cc3N4c3cc(C(C)(C)C)cc(C(C)(C)C)c3)n2)cc(C(C)(C)C)c1. The van der Waals surface area contributed by atoms with Gasteiger partial charge >= 0.3 is 0 Å². The molecule has 3 heterocycles. The van der Waals surface area contributed by atoms with E-state index in [1.54, 1.807) is 0 Å². The lowest BCUT2D eigenvalue weighted by Crippen LogP contribution is -2.61. The average molecular weight is 1250 g/mol. The van der Waals surface area contributed by atoms with E-state index in [0.717, 1.165) is 61.9 Å². The van der Waals surface area contributed by atoms with Gasteiger partial charge in [-0.15, -0.1) is 0 Å². The highest BCUT2D eigenvalue weighted by molar-refractivity contribution is 7.00. The molecule has 2 aliphatic rings. The highest BCUT2D eigenvalue weighted by Gasteiger charge is 2.45. The third kappa shape index (κ3) is 13.1. The normalized spacial score (nSPS) is 13.8. The Labute approximate surface area is 571 Å². The van der Waals surface area contributed by atoms with Crippen molar-refractivity contribution in [3.8, 4) is 56.4 Å². The lowest BCUT2D eigenvalue weighted by atomic mass is 9.33. The fraction of sp³-hybridized carbons (Fsp3) is 0.360. The summed E-state index contributed by atoms with van der Waals surface area (Å²) < 4.78 is 0. The Bertz CT molecular complexity index is 4190. The number of fused-ring (bicyclic) bond motifs is 4. The summed E-state index contributed by atoms with van der Waals surface area (Å²) in [5.41, 5.74) is 26.8. The summed E-state index contributed by atoms with van der Waals surface area (Å²) in [6.45, 7) is 55.8. The molecule has 0 saturated heterocycles. The van der Waals surface area contributed by atoms with E-state index in [-0.39, 0.29) is 50.0 Å². The third-order valence-corrected chi connectivity index (χ3v) is 19.8. The smallest absolute Gasteiger partial charge is 0.252 e. The van der Waals surface area contributed by atoms with Gasteiger partial charge in [-0.1, -0.05) is 275 Å². The molecule has 95 heavy (non-hydrogen) atoms. The second kappa shape index (κ2) is 23.2. The highest BCUT2D eigenvalue weighted by Crippen LogP contribution is 2.50. The number of hydrogen-bond acceptors (Lipinski definition) is 5. The first kappa shape index (κ1) is 66.7. The van der Waals surface area contributed by atoms with Gasteiger partial charge < -0.3 is 9.80 Å². The van der Waals surface area contributed by atoms with Crippen molar-refractivity contribution in [3.05, 3.63) is 226 Å². The van der Waals surface area contributed by atoms with Crippen molar-refractivity contribution < 1.29 is 0 Å². The molecule has 0 fully saturated rings. The van der Waals surface area contributed by atoms with Gasteiger partial charge in [0.25, 0.3) is 6.71 Å². The summed E-state index contributed by atoms with van der Waals surface area (Å²) in [5, 5.41) is 0. The molecule has 0 spiro atoms. The zero-order valence-electron chi connectivity index (χ0n) is 61.6. The van der Waals surface area contributed by atoms with Crippen molar-refractivity contribution in [1.29, 1.82) is 0 Å². The van der Waals surface area contributed by atoms with Gasteiger partial charge in [0.15, 0.2) is 17.5 Å². The maximum Gasteiger partial charge on any atom is 0.252 e. The van der Waals surface area contributed by atoms with E-state index >= 15 is 0 Å². The minimum Gasteiger partial charge on any atom is -0.311 e. The van der Waals surface area contributed by atoms with Crippen LogP contribution in [0.5, 0.6) is 0 Å². The van der Waals surface area contributed by atoms with Crippen molar-refractivity contribution in [2.75, 3.05) is 9.80 Å². The van der Waals surface area contributed by atoms with Gasteiger partial charge in [0, 0.05) is 50.8 Å². The Morgan fingerprint density at radius 3 is 0.737 bits per heavy atom. The zero-order valence-corrected chi connectivity index (χ0v) is 61.6. The summed E-state index contributed by atoms with van der Waals surface area (Å²) in [7, 11) is 0. The predicted octanol–water partition coefficient (Wildman–Crippen LogP) is 22.7.